The highest BCUT2D eigenvalue weighted by atomic mass is 19.4. The molecule has 2 saturated carbocycles. The summed E-state index contributed by atoms with van der Waals surface area (Å²) in [5.74, 6) is -2.39. The van der Waals surface area contributed by atoms with Gasteiger partial charge in [-0.05, 0) is 19.3 Å². The first-order valence-corrected chi connectivity index (χ1v) is 6.21. The molecule has 4 nitrogen and oxygen atoms in total. The van der Waals surface area contributed by atoms with Crippen LogP contribution in [0.2, 0.25) is 0 Å². The number of alkyl halides is 3. The molecule has 0 aromatic carbocycles. The number of Topliss-reactive ketones (excluding diaryl/α,β-unsaturated/α-hetero) is 1. The number of rotatable bonds is 3. The second-order valence-electron chi connectivity index (χ2n) is 5.51. The molecule has 19 heavy (non-hydrogen) atoms. The maximum Gasteiger partial charge on any atom is 0.490 e. The minimum atomic E-state index is -5.01. The molecule has 0 aromatic heterocycles. The molecule has 7 heteroatoms. The molecule has 3 aliphatic rings. The van der Waals surface area contributed by atoms with Crippen molar-refractivity contribution in [2.75, 3.05) is 6.61 Å². The summed E-state index contributed by atoms with van der Waals surface area (Å²) in [6.45, 7) is 1.39. The molecule has 106 valence electrons. The lowest BCUT2D eigenvalue weighted by atomic mass is 9.96. The van der Waals surface area contributed by atoms with Gasteiger partial charge in [0.2, 0.25) is 0 Å². The maximum atomic E-state index is 12.1. The monoisotopic (exact) mass is 278 g/mol. The lowest BCUT2D eigenvalue weighted by Crippen LogP contribution is -2.31. The zero-order valence-electron chi connectivity index (χ0n) is 10.2. The molecule has 0 spiro atoms. The Morgan fingerprint density at radius 1 is 1.53 bits per heavy atom. The van der Waals surface area contributed by atoms with E-state index in [4.69, 9.17) is 4.74 Å². The second kappa shape index (κ2) is 3.71. The summed E-state index contributed by atoms with van der Waals surface area (Å²) in [6, 6.07) is 0. The van der Waals surface area contributed by atoms with Crippen molar-refractivity contribution in [3.63, 3.8) is 0 Å². The highest BCUT2D eigenvalue weighted by molar-refractivity contribution is 5.92. The van der Waals surface area contributed by atoms with Crippen molar-refractivity contribution in [1.29, 1.82) is 0 Å². The molecule has 3 rings (SSSR count). The first-order chi connectivity index (χ1) is 8.78. The van der Waals surface area contributed by atoms with Crippen molar-refractivity contribution in [3.8, 4) is 0 Å². The SMILES string of the molecule is C[C@H]1O[C@@H]1[C@@H]1[C@H]2CCC(=O)[C@@]12COC(=O)C(F)(F)F. The van der Waals surface area contributed by atoms with E-state index in [1.807, 2.05) is 6.92 Å². The lowest BCUT2D eigenvalue weighted by molar-refractivity contribution is -0.201. The number of esters is 1. The number of carbonyl (C=O) groups is 2. The van der Waals surface area contributed by atoms with Gasteiger partial charge < -0.3 is 9.47 Å². The Morgan fingerprint density at radius 2 is 2.16 bits per heavy atom. The molecule has 2 aliphatic carbocycles. The third-order valence-corrected chi connectivity index (χ3v) is 4.57. The largest absolute Gasteiger partial charge is 0.490 e. The van der Waals surface area contributed by atoms with Gasteiger partial charge >= 0.3 is 12.1 Å². The van der Waals surface area contributed by atoms with Gasteiger partial charge in [-0.15, -0.1) is 0 Å². The highest BCUT2D eigenvalue weighted by Gasteiger charge is 2.77. The summed E-state index contributed by atoms with van der Waals surface area (Å²) in [5.41, 5.74) is -0.906. The van der Waals surface area contributed by atoms with E-state index in [1.165, 1.54) is 0 Å². The molecular formula is C12H13F3O4. The van der Waals surface area contributed by atoms with Gasteiger partial charge in [-0.25, -0.2) is 4.79 Å². The summed E-state index contributed by atoms with van der Waals surface area (Å²) in [5, 5.41) is 0. The average molecular weight is 278 g/mol. The molecule has 0 aromatic rings. The molecule has 0 unspecified atom stereocenters. The number of ether oxygens (including phenoxy) is 2. The molecule has 1 heterocycles. The normalized spacial score (nSPS) is 43.9. The standard InChI is InChI=1S/C12H13F3O4/c1-5-9(19-5)8-6-2-3-7(16)11(6,8)4-18-10(17)12(13,14)15/h5-6,8-9H,2-4H2,1H3/t5-,6-,8+,9+,11+/m1/s1. The van der Waals surface area contributed by atoms with E-state index in [1.54, 1.807) is 0 Å². The molecule has 5 atom stereocenters. The van der Waals surface area contributed by atoms with Crippen LogP contribution in [0, 0.1) is 17.3 Å². The van der Waals surface area contributed by atoms with Gasteiger partial charge in [0.05, 0.1) is 17.6 Å². The van der Waals surface area contributed by atoms with Crippen molar-refractivity contribution in [1.82, 2.24) is 0 Å². The van der Waals surface area contributed by atoms with E-state index in [9.17, 15) is 22.8 Å². The smallest absolute Gasteiger partial charge is 0.458 e. The summed E-state index contributed by atoms with van der Waals surface area (Å²) in [4.78, 5) is 22.7. The summed E-state index contributed by atoms with van der Waals surface area (Å²) in [7, 11) is 0. The molecule has 1 saturated heterocycles. The van der Waals surface area contributed by atoms with Crippen LogP contribution in [0.15, 0.2) is 0 Å². The van der Waals surface area contributed by atoms with Gasteiger partial charge in [0, 0.05) is 12.3 Å². The van der Waals surface area contributed by atoms with Crippen LogP contribution in [0.3, 0.4) is 0 Å². The lowest BCUT2D eigenvalue weighted by Gasteiger charge is -2.14. The summed E-state index contributed by atoms with van der Waals surface area (Å²) in [6.07, 6.45) is -4.04. The fourth-order valence-corrected chi connectivity index (χ4v) is 3.55. The Labute approximate surface area is 107 Å². The van der Waals surface area contributed by atoms with Gasteiger partial charge in [0.25, 0.3) is 0 Å². The minimum absolute atomic E-state index is 0.0102. The predicted molar refractivity (Wildman–Crippen MR) is 55.0 cm³/mol. The van der Waals surface area contributed by atoms with Crippen LogP contribution >= 0.6 is 0 Å². The fraction of sp³-hybridized carbons (Fsp3) is 0.833. The van der Waals surface area contributed by atoms with Gasteiger partial charge in [-0.1, -0.05) is 0 Å². The molecule has 1 aliphatic heterocycles. The van der Waals surface area contributed by atoms with Gasteiger partial charge in [-0.2, -0.15) is 13.2 Å². The average Bonchev–Trinajstić information content (AvgIpc) is 3.14. The van der Waals surface area contributed by atoms with Crippen LogP contribution in [0.5, 0.6) is 0 Å². The van der Waals surface area contributed by atoms with Crippen LogP contribution in [0.4, 0.5) is 13.2 Å². The van der Waals surface area contributed by atoms with E-state index in [2.05, 4.69) is 4.74 Å². The van der Waals surface area contributed by atoms with Crippen molar-refractivity contribution in [2.24, 2.45) is 17.3 Å². The highest BCUT2D eigenvalue weighted by Crippen LogP contribution is 2.70. The second-order valence-corrected chi connectivity index (χ2v) is 5.51. The number of halogens is 3. The first-order valence-electron chi connectivity index (χ1n) is 6.21. The number of hydrogen-bond acceptors (Lipinski definition) is 4. The van der Waals surface area contributed by atoms with Crippen molar-refractivity contribution in [2.45, 2.75) is 38.1 Å². The zero-order chi connectivity index (χ0) is 14.0. The number of ketones is 1. The van der Waals surface area contributed by atoms with Crippen LogP contribution in [0.1, 0.15) is 19.8 Å². The molecule has 0 bridgehead atoms. The predicted octanol–water partition coefficient (Wildman–Crippen LogP) is 1.47. The Morgan fingerprint density at radius 3 is 2.68 bits per heavy atom. The molecule has 0 N–H and O–H groups in total. The van der Waals surface area contributed by atoms with Crippen LogP contribution in [0.25, 0.3) is 0 Å². The van der Waals surface area contributed by atoms with Crippen molar-refractivity contribution < 1.29 is 32.2 Å². The number of fused-ring (bicyclic) bond motifs is 1. The fourth-order valence-electron chi connectivity index (χ4n) is 3.55. The maximum absolute atomic E-state index is 12.1. The summed E-state index contributed by atoms with van der Waals surface area (Å²) < 4.78 is 45.9. The van der Waals surface area contributed by atoms with Gasteiger partial charge in [0.1, 0.15) is 12.4 Å². The van der Waals surface area contributed by atoms with Gasteiger partial charge in [0.15, 0.2) is 0 Å². The Balaban J connectivity index is 1.68. The van der Waals surface area contributed by atoms with Crippen LogP contribution in [-0.2, 0) is 19.1 Å². The zero-order valence-corrected chi connectivity index (χ0v) is 10.2. The molecular weight excluding hydrogens is 265 g/mol. The third kappa shape index (κ3) is 1.78. The van der Waals surface area contributed by atoms with E-state index in [0.29, 0.717) is 12.8 Å². The Hall–Kier alpha value is -1.11. The number of carbonyl (C=O) groups excluding carboxylic acids is 2. The van der Waals surface area contributed by atoms with Crippen LogP contribution < -0.4 is 0 Å². The van der Waals surface area contributed by atoms with Gasteiger partial charge in [-0.3, -0.25) is 4.79 Å². The van der Waals surface area contributed by atoms with E-state index in [0.717, 1.165) is 0 Å². The van der Waals surface area contributed by atoms with E-state index >= 15 is 0 Å². The first kappa shape index (κ1) is 12.9. The van der Waals surface area contributed by atoms with E-state index in [-0.39, 0.29) is 29.8 Å². The molecule has 0 amide bonds. The summed E-state index contributed by atoms with van der Waals surface area (Å²) >= 11 is 0. The Bertz CT molecular complexity index is 447. The van der Waals surface area contributed by atoms with Crippen molar-refractivity contribution in [3.05, 3.63) is 0 Å². The van der Waals surface area contributed by atoms with Crippen LogP contribution in [-0.4, -0.2) is 36.7 Å². The molecule has 3 fully saturated rings. The number of epoxide rings is 1. The van der Waals surface area contributed by atoms with E-state index < -0.39 is 24.2 Å². The van der Waals surface area contributed by atoms with Crippen molar-refractivity contribution >= 4 is 11.8 Å². The molecule has 0 radical (unpaired) electrons. The third-order valence-electron chi connectivity index (χ3n) is 4.57. The quantitative estimate of drug-likeness (QED) is 0.579. The topological polar surface area (TPSA) is 55.9 Å². The Kier molecular flexibility index (Phi) is 2.52. The number of hydrogen-bond donors (Lipinski definition) is 0. The minimum Gasteiger partial charge on any atom is -0.458 e.